The SMILES string of the molecule is C/C(=C\CCCOS(C)(=O)=O)CC/C=C(\C)CCC1OC1(C)C. The first-order valence-corrected chi connectivity index (χ1v) is 10.3. The Morgan fingerprint density at radius 3 is 2.26 bits per heavy atom. The molecule has 23 heavy (non-hydrogen) atoms. The van der Waals surface area contributed by atoms with E-state index in [1.54, 1.807) is 0 Å². The summed E-state index contributed by atoms with van der Waals surface area (Å²) in [6.07, 6.45) is 11.9. The standard InChI is InChI=1S/C18H32O4S/c1-15(9-6-7-14-21-23(5,19)20)10-8-11-16(2)12-13-17-18(3,4)22-17/h9,11,17H,6-8,10,12-14H2,1-5H3/b15-9+,16-11+. The maximum absolute atomic E-state index is 10.8. The number of ether oxygens (including phenoxy) is 1. The minimum absolute atomic E-state index is 0.0976. The molecule has 134 valence electrons. The lowest BCUT2D eigenvalue weighted by molar-refractivity contribution is 0.316. The van der Waals surface area contributed by atoms with E-state index in [2.05, 4.69) is 39.8 Å². The van der Waals surface area contributed by atoms with Crippen molar-refractivity contribution in [1.82, 2.24) is 0 Å². The van der Waals surface area contributed by atoms with Crippen LogP contribution in [0.1, 0.15) is 66.2 Å². The van der Waals surface area contributed by atoms with E-state index >= 15 is 0 Å². The number of allylic oxidation sites excluding steroid dienone is 4. The van der Waals surface area contributed by atoms with Crippen LogP contribution in [0.4, 0.5) is 0 Å². The molecule has 1 fully saturated rings. The Morgan fingerprint density at radius 1 is 1.13 bits per heavy atom. The molecule has 0 aliphatic carbocycles. The summed E-state index contributed by atoms with van der Waals surface area (Å²) >= 11 is 0. The molecular weight excluding hydrogens is 312 g/mol. The van der Waals surface area contributed by atoms with Crippen molar-refractivity contribution in [3.8, 4) is 0 Å². The molecule has 0 aromatic heterocycles. The van der Waals surface area contributed by atoms with Gasteiger partial charge < -0.3 is 4.74 Å². The van der Waals surface area contributed by atoms with Gasteiger partial charge in [-0.1, -0.05) is 23.3 Å². The Balaban J connectivity index is 2.10. The molecule has 1 unspecified atom stereocenters. The van der Waals surface area contributed by atoms with E-state index in [0.717, 1.165) is 44.8 Å². The molecule has 0 saturated carbocycles. The van der Waals surface area contributed by atoms with Crippen molar-refractivity contribution in [1.29, 1.82) is 0 Å². The highest BCUT2D eigenvalue weighted by Crippen LogP contribution is 2.38. The van der Waals surface area contributed by atoms with Crippen molar-refractivity contribution in [3.05, 3.63) is 23.3 Å². The summed E-state index contributed by atoms with van der Waals surface area (Å²) in [5.41, 5.74) is 2.88. The van der Waals surface area contributed by atoms with E-state index in [-0.39, 0.29) is 12.2 Å². The highest BCUT2D eigenvalue weighted by Gasteiger charge is 2.46. The highest BCUT2D eigenvalue weighted by molar-refractivity contribution is 7.85. The summed E-state index contributed by atoms with van der Waals surface area (Å²) in [5.74, 6) is 0. The van der Waals surface area contributed by atoms with Crippen LogP contribution < -0.4 is 0 Å². The maximum atomic E-state index is 10.8. The molecular formula is C18H32O4S. The van der Waals surface area contributed by atoms with Crippen molar-refractivity contribution in [2.75, 3.05) is 12.9 Å². The first kappa shape index (κ1) is 20.4. The van der Waals surface area contributed by atoms with Gasteiger partial charge in [0.1, 0.15) is 0 Å². The van der Waals surface area contributed by atoms with Crippen LogP contribution >= 0.6 is 0 Å². The number of unbranched alkanes of at least 4 members (excludes halogenated alkanes) is 1. The minimum atomic E-state index is -3.30. The molecule has 0 aromatic rings. The fraction of sp³-hybridized carbons (Fsp3) is 0.778. The van der Waals surface area contributed by atoms with Crippen molar-refractivity contribution in [2.45, 2.75) is 77.9 Å². The first-order valence-electron chi connectivity index (χ1n) is 8.43. The second-order valence-electron chi connectivity index (χ2n) is 7.06. The molecule has 1 rings (SSSR count). The second kappa shape index (κ2) is 9.00. The molecule has 0 bridgehead atoms. The third kappa shape index (κ3) is 9.95. The number of hydrogen-bond acceptors (Lipinski definition) is 4. The lowest BCUT2D eigenvalue weighted by atomic mass is 10.0. The van der Waals surface area contributed by atoms with Gasteiger partial charge in [-0.05, 0) is 66.2 Å². The van der Waals surface area contributed by atoms with Gasteiger partial charge in [0.2, 0.25) is 0 Å². The van der Waals surface area contributed by atoms with Crippen LogP contribution in [-0.4, -0.2) is 33.0 Å². The van der Waals surface area contributed by atoms with Crippen LogP contribution in [0.15, 0.2) is 23.3 Å². The maximum Gasteiger partial charge on any atom is 0.264 e. The van der Waals surface area contributed by atoms with Gasteiger partial charge in [0.05, 0.1) is 24.6 Å². The summed E-state index contributed by atoms with van der Waals surface area (Å²) in [7, 11) is -3.30. The Hall–Kier alpha value is -0.650. The molecule has 1 aliphatic heterocycles. The van der Waals surface area contributed by atoms with Gasteiger partial charge in [-0.3, -0.25) is 4.18 Å². The molecule has 1 atom stereocenters. The zero-order valence-electron chi connectivity index (χ0n) is 15.2. The molecule has 1 heterocycles. The fourth-order valence-electron chi connectivity index (χ4n) is 2.49. The van der Waals surface area contributed by atoms with Crippen molar-refractivity contribution >= 4 is 10.1 Å². The molecule has 0 aromatic carbocycles. The number of epoxide rings is 1. The van der Waals surface area contributed by atoms with E-state index in [1.807, 2.05) is 0 Å². The van der Waals surface area contributed by atoms with E-state index < -0.39 is 10.1 Å². The molecule has 0 spiro atoms. The van der Waals surface area contributed by atoms with Gasteiger partial charge in [0.15, 0.2) is 0 Å². The van der Waals surface area contributed by atoms with Gasteiger partial charge in [0, 0.05) is 0 Å². The van der Waals surface area contributed by atoms with Crippen LogP contribution in [0.3, 0.4) is 0 Å². The Morgan fingerprint density at radius 2 is 1.70 bits per heavy atom. The smallest absolute Gasteiger partial charge is 0.264 e. The van der Waals surface area contributed by atoms with Crippen LogP contribution in [0.25, 0.3) is 0 Å². The molecule has 1 aliphatic rings. The van der Waals surface area contributed by atoms with Crippen LogP contribution in [0.2, 0.25) is 0 Å². The van der Waals surface area contributed by atoms with E-state index in [0.29, 0.717) is 6.10 Å². The van der Waals surface area contributed by atoms with Crippen LogP contribution in [0.5, 0.6) is 0 Å². The normalized spacial score (nSPS) is 21.5. The summed E-state index contributed by atoms with van der Waals surface area (Å²) in [6.45, 7) is 8.87. The van der Waals surface area contributed by atoms with Crippen molar-refractivity contribution in [3.63, 3.8) is 0 Å². The Kier molecular flexibility index (Phi) is 7.98. The fourth-order valence-corrected chi connectivity index (χ4v) is 2.91. The van der Waals surface area contributed by atoms with Crippen LogP contribution in [0, 0.1) is 0 Å². The molecule has 5 heteroatoms. The van der Waals surface area contributed by atoms with Crippen molar-refractivity contribution < 1.29 is 17.3 Å². The monoisotopic (exact) mass is 344 g/mol. The third-order valence-electron chi connectivity index (χ3n) is 4.14. The van der Waals surface area contributed by atoms with Gasteiger partial charge in [-0.2, -0.15) is 8.42 Å². The molecule has 1 saturated heterocycles. The summed E-state index contributed by atoms with van der Waals surface area (Å²) in [4.78, 5) is 0. The lowest BCUT2D eigenvalue weighted by Gasteiger charge is -2.03. The Bertz CT molecular complexity index is 529. The first-order chi connectivity index (χ1) is 10.6. The molecule has 0 N–H and O–H groups in total. The van der Waals surface area contributed by atoms with E-state index in [1.165, 1.54) is 11.1 Å². The van der Waals surface area contributed by atoms with Gasteiger partial charge in [-0.15, -0.1) is 0 Å². The zero-order chi connectivity index (χ0) is 17.5. The van der Waals surface area contributed by atoms with E-state index in [4.69, 9.17) is 8.92 Å². The molecule has 0 radical (unpaired) electrons. The third-order valence-corrected chi connectivity index (χ3v) is 4.73. The zero-order valence-corrected chi connectivity index (χ0v) is 16.0. The van der Waals surface area contributed by atoms with E-state index in [9.17, 15) is 8.42 Å². The summed E-state index contributed by atoms with van der Waals surface area (Å²) in [5, 5.41) is 0. The summed E-state index contributed by atoms with van der Waals surface area (Å²) < 4.78 is 31.9. The summed E-state index contributed by atoms with van der Waals surface area (Å²) in [6, 6.07) is 0. The predicted octanol–water partition coefficient (Wildman–Crippen LogP) is 4.37. The van der Waals surface area contributed by atoms with Gasteiger partial charge in [-0.25, -0.2) is 0 Å². The topological polar surface area (TPSA) is 55.9 Å². The minimum Gasteiger partial charge on any atom is -0.367 e. The van der Waals surface area contributed by atoms with Crippen LogP contribution in [-0.2, 0) is 19.0 Å². The largest absolute Gasteiger partial charge is 0.367 e. The average Bonchev–Trinajstić information content (AvgIpc) is 3.02. The number of hydrogen-bond donors (Lipinski definition) is 0. The van der Waals surface area contributed by atoms with Crippen molar-refractivity contribution in [2.24, 2.45) is 0 Å². The van der Waals surface area contributed by atoms with Gasteiger partial charge in [0.25, 0.3) is 10.1 Å². The predicted molar refractivity (Wildman–Crippen MR) is 95.0 cm³/mol. The molecule has 4 nitrogen and oxygen atoms in total. The quantitative estimate of drug-likeness (QED) is 0.242. The average molecular weight is 345 g/mol. The Labute approximate surface area is 142 Å². The number of rotatable bonds is 11. The van der Waals surface area contributed by atoms with Gasteiger partial charge >= 0.3 is 0 Å². The lowest BCUT2D eigenvalue weighted by Crippen LogP contribution is -2.03. The molecule has 0 amide bonds. The second-order valence-corrected chi connectivity index (χ2v) is 8.70. The highest BCUT2D eigenvalue weighted by atomic mass is 32.2.